The number of aromatic nitrogens is 1. The van der Waals surface area contributed by atoms with Crippen LogP contribution in [-0.2, 0) is 6.42 Å². The van der Waals surface area contributed by atoms with E-state index in [9.17, 15) is 4.79 Å². The number of nitrogens with one attached hydrogen (secondary N) is 1. The van der Waals surface area contributed by atoms with E-state index < -0.39 is 0 Å². The number of amides is 1. The summed E-state index contributed by atoms with van der Waals surface area (Å²) in [4.78, 5) is 19.5. The molecule has 0 fully saturated rings. The third-order valence-corrected chi connectivity index (χ3v) is 5.10. The number of hydrogen-bond donors (Lipinski definition) is 1. The lowest BCUT2D eigenvalue weighted by molar-refractivity contribution is 0.102. The van der Waals surface area contributed by atoms with Gasteiger partial charge in [-0.05, 0) is 49.2 Å². The van der Waals surface area contributed by atoms with E-state index in [1.54, 1.807) is 44.7 Å². The molecule has 4 rings (SSSR count). The summed E-state index contributed by atoms with van der Waals surface area (Å²) in [6, 6.07) is 17.4. The third kappa shape index (κ3) is 3.61. The molecule has 0 aliphatic carbocycles. The van der Waals surface area contributed by atoms with E-state index >= 15 is 0 Å². The number of hydrogen-bond acceptors (Lipinski definition) is 5. The Balaban J connectivity index is 1.59. The van der Waals surface area contributed by atoms with Crippen molar-refractivity contribution in [2.75, 3.05) is 24.4 Å². The molecule has 2 aromatic carbocycles. The second kappa shape index (κ2) is 7.83. The van der Waals surface area contributed by atoms with Crippen LogP contribution in [0.25, 0.3) is 0 Å². The first-order chi connectivity index (χ1) is 14.1. The molecule has 0 saturated heterocycles. The number of anilines is 3. The molecule has 0 spiro atoms. The van der Waals surface area contributed by atoms with Crippen molar-refractivity contribution in [3.63, 3.8) is 0 Å². The van der Waals surface area contributed by atoms with E-state index in [4.69, 9.17) is 9.47 Å². The minimum absolute atomic E-state index is 0.207. The van der Waals surface area contributed by atoms with Crippen LogP contribution >= 0.6 is 0 Å². The molecule has 1 aliphatic heterocycles. The minimum atomic E-state index is -0.207. The van der Waals surface area contributed by atoms with Crippen LogP contribution in [0.5, 0.6) is 11.5 Å². The molecule has 1 aliphatic rings. The van der Waals surface area contributed by atoms with Crippen molar-refractivity contribution in [1.82, 2.24) is 4.98 Å². The van der Waals surface area contributed by atoms with Gasteiger partial charge in [-0.2, -0.15) is 0 Å². The highest BCUT2D eigenvalue weighted by Gasteiger charge is 2.28. The molecule has 6 heteroatoms. The molecule has 148 valence electrons. The number of nitrogens with zero attached hydrogens (tertiary/aromatic N) is 2. The lowest BCUT2D eigenvalue weighted by Crippen LogP contribution is -2.25. The Labute approximate surface area is 170 Å². The van der Waals surface area contributed by atoms with Crippen molar-refractivity contribution >= 4 is 23.1 Å². The number of rotatable bonds is 5. The summed E-state index contributed by atoms with van der Waals surface area (Å²) in [7, 11) is 3.14. The predicted octanol–water partition coefficient (Wildman–Crippen LogP) is 4.43. The van der Waals surface area contributed by atoms with Crippen LogP contribution in [0.2, 0.25) is 0 Å². The molecule has 1 amide bonds. The molecule has 1 atom stereocenters. The molecule has 1 unspecified atom stereocenters. The molecular formula is C23H23N3O3. The molecule has 1 aromatic heterocycles. The molecule has 0 bridgehead atoms. The molecule has 6 nitrogen and oxygen atoms in total. The Kier molecular flexibility index (Phi) is 5.08. The van der Waals surface area contributed by atoms with E-state index in [2.05, 4.69) is 40.3 Å². The first-order valence-electron chi connectivity index (χ1n) is 9.47. The molecule has 3 aromatic rings. The summed E-state index contributed by atoms with van der Waals surface area (Å²) in [6.07, 6.45) is 2.63. The van der Waals surface area contributed by atoms with Crippen LogP contribution in [0, 0.1) is 0 Å². The van der Waals surface area contributed by atoms with Gasteiger partial charge >= 0.3 is 0 Å². The molecule has 1 N–H and O–H groups in total. The summed E-state index contributed by atoms with van der Waals surface area (Å²) in [6.45, 7) is 2.16. The fourth-order valence-electron chi connectivity index (χ4n) is 3.72. The van der Waals surface area contributed by atoms with E-state index in [0.29, 0.717) is 22.7 Å². The number of methoxy groups -OCH3 is 2. The molecular weight excluding hydrogens is 366 g/mol. The first kappa shape index (κ1) is 18.8. The lowest BCUT2D eigenvalue weighted by atomic mass is 10.1. The number of fused-ring (bicyclic) bond motifs is 1. The molecule has 0 radical (unpaired) electrons. The summed E-state index contributed by atoms with van der Waals surface area (Å²) >= 11 is 0. The maximum absolute atomic E-state index is 12.8. The highest BCUT2D eigenvalue weighted by molar-refractivity contribution is 6.04. The predicted molar refractivity (Wildman–Crippen MR) is 113 cm³/mol. The van der Waals surface area contributed by atoms with E-state index in [0.717, 1.165) is 17.9 Å². The Morgan fingerprint density at radius 2 is 1.86 bits per heavy atom. The van der Waals surface area contributed by atoms with Gasteiger partial charge in [-0.15, -0.1) is 0 Å². The van der Waals surface area contributed by atoms with E-state index in [-0.39, 0.29) is 11.9 Å². The fraction of sp³-hybridized carbons (Fsp3) is 0.217. The quantitative estimate of drug-likeness (QED) is 0.699. The largest absolute Gasteiger partial charge is 0.493 e. The summed E-state index contributed by atoms with van der Waals surface area (Å²) in [5.74, 6) is 1.73. The number of carbonyl (C=O) groups is 1. The van der Waals surface area contributed by atoms with Crippen LogP contribution < -0.4 is 19.7 Å². The Morgan fingerprint density at radius 1 is 1.07 bits per heavy atom. The van der Waals surface area contributed by atoms with Gasteiger partial charge in [0, 0.05) is 35.2 Å². The summed E-state index contributed by atoms with van der Waals surface area (Å²) in [5.41, 5.74) is 3.61. The Morgan fingerprint density at radius 3 is 2.66 bits per heavy atom. The Hall–Kier alpha value is -3.54. The fourth-order valence-corrected chi connectivity index (χ4v) is 3.72. The second-order valence-corrected chi connectivity index (χ2v) is 6.98. The Bertz CT molecular complexity index is 1050. The van der Waals surface area contributed by atoms with Crippen LogP contribution in [0.4, 0.5) is 17.2 Å². The maximum atomic E-state index is 12.8. The normalized spacial score (nSPS) is 15.0. The number of ether oxygens (including phenoxy) is 2. The SMILES string of the molecule is COc1ccc(NC(=O)c2ccnc(N3c4ccccc4CC3C)c2)cc1OC. The van der Waals surface area contributed by atoms with Gasteiger partial charge in [-0.3, -0.25) is 4.79 Å². The minimum Gasteiger partial charge on any atom is -0.493 e. The van der Waals surface area contributed by atoms with Gasteiger partial charge in [0.15, 0.2) is 11.5 Å². The maximum Gasteiger partial charge on any atom is 0.255 e. The van der Waals surface area contributed by atoms with Crippen molar-refractivity contribution < 1.29 is 14.3 Å². The average Bonchev–Trinajstić information content (AvgIpc) is 3.09. The smallest absolute Gasteiger partial charge is 0.255 e. The monoisotopic (exact) mass is 389 g/mol. The van der Waals surface area contributed by atoms with Crippen LogP contribution in [-0.4, -0.2) is 31.2 Å². The van der Waals surface area contributed by atoms with Crippen molar-refractivity contribution in [2.24, 2.45) is 0 Å². The molecule has 29 heavy (non-hydrogen) atoms. The zero-order valence-corrected chi connectivity index (χ0v) is 16.7. The molecule has 0 saturated carbocycles. The van der Waals surface area contributed by atoms with Gasteiger partial charge in [0.05, 0.1) is 14.2 Å². The van der Waals surface area contributed by atoms with Crippen LogP contribution in [0.1, 0.15) is 22.8 Å². The number of para-hydroxylation sites is 1. The summed E-state index contributed by atoms with van der Waals surface area (Å²) in [5, 5.41) is 2.91. The second-order valence-electron chi connectivity index (χ2n) is 6.98. The van der Waals surface area contributed by atoms with E-state index in [1.807, 2.05) is 12.1 Å². The zero-order chi connectivity index (χ0) is 20.4. The van der Waals surface area contributed by atoms with Crippen molar-refractivity contribution in [3.05, 3.63) is 71.9 Å². The highest BCUT2D eigenvalue weighted by atomic mass is 16.5. The first-order valence-corrected chi connectivity index (χ1v) is 9.47. The number of pyridine rings is 1. The lowest BCUT2D eigenvalue weighted by Gasteiger charge is -2.24. The standard InChI is InChI=1S/C23H23N3O3/c1-15-12-16-6-4-5-7-19(16)26(15)22-13-17(10-11-24-22)23(27)25-18-8-9-20(28-2)21(14-18)29-3/h4-11,13-15H,12H2,1-3H3,(H,25,27). The third-order valence-electron chi connectivity index (χ3n) is 5.10. The van der Waals surface area contributed by atoms with Gasteiger partial charge in [-0.1, -0.05) is 18.2 Å². The number of carbonyl (C=O) groups excluding carboxylic acids is 1. The summed E-state index contributed by atoms with van der Waals surface area (Å²) < 4.78 is 10.5. The van der Waals surface area contributed by atoms with Crippen molar-refractivity contribution in [3.8, 4) is 11.5 Å². The zero-order valence-electron chi connectivity index (χ0n) is 16.7. The van der Waals surface area contributed by atoms with Crippen molar-refractivity contribution in [2.45, 2.75) is 19.4 Å². The van der Waals surface area contributed by atoms with Crippen molar-refractivity contribution in [1.29, 1.82) is 0 Å². The van der Waals surface area contributed by atoms with Gasteiger partial charge in [0.2, 0.25) is 0 Å². The number of benzene rings is 2. The highest BCUT2D eigenvalue weighted by Crippen LogP contribution is 2.37. The van der Waals surface area contributed by atoms with Gasteiger partial charge in [0.25, 0.3) is 5.91 Å². The van der Waals surface area contributed by atoms with Crippen LogP contribution in [0.3, 0.4) is 0 Å². The topological polar surface area (TPSA) is 63.7 Å². The van der Waals surface area contributed by atoms with Gasteiger partial charge in [0.1, 0.15) is 5.82 Å². The molecule has 2 heterocycles. The van der Waals surface area contributed by atoms with Gasteiger partial charge in [-0.25, -0.2) is 4.98 Å². The average molecular weight is 389 g/mol. The van der Waals surface area contributed by atoms with E-state index in [1.165, 1.54) is 5.56 Å². The van der Waals surface area contributed by atoms with Crippen LogP contribution in [0.15, 0.2) is 60.8 Å². The van der Waals surface area contributed by atoms with Gasteiger partial charge < -0.3 is 19.7 Å².